The van der Waals surface area contributed by atoms with Crippen LogP contribution >= 0.6 is 0 Å². The molecule has 1 aliphatic heterocycles. The summed E-state index contributed by atoms with van der Waals surface area (Å²) in [4.78, 5) is 70.9. The Hall–Kier alpha value is -2.96. The number of hydrogen-bond donors (Lipinski definition) is 4. The number of fused-ring (bicyclic) bond motifs is 1. The third kappa shape index (κ3) is 8.23. The van der Waals surface area contributed by atoms with Crippen LogP contribution in [0.1, 0.15) is 125 Å². The topological polar surface area (TPSA) is 171 Å². The summed E-state index contributed by atoms with van der Waals surface area (Å²) in [5.74, 6) is -2.28. The second-order valence-corrected chi connectivity index (χ2v) is 21.2. The summed E-state index contributed by atoms with van der Waals surface area (Å²) in [5.41, 5.74) is -1.71. The molecule has 0 aromatic rings. The molecule has 0 radical (unpaired) electrons. The highest BCUT2D eigenvalue weighted by molar-refractivity contribution is 7.92. The number of piperidine rings is 1. The molecule has 4 aliphatic carbocycles. The number of amides is 5. The van der Waals surface area contributed by atoms with Crippen LogP contribution in [0.4, 0.5) is 4.79 Å². The van der Waals surface area contributed by atoms with E-state index in [1.54, 1.807) is 25.7 Å². The van der Waals surface area contributed by atoms with Gasteiger partial charge >= 0.3 is 6.03 Å². The molecule has 5 fully saturated rings. The lowest BCUT2D eigenvalue weighted by Gasteiger charge is -2.42. The summed E-state index contributed by atoms with van der Waals surface area (Å²) >= 11 is 0. The molecule has 1 heterocycles. The third-order valence-electron chi connectivity index (χ3n) is 13.4. The van der Waals surface area contributed by atoms with Crippen molar-refractivity contribution < 1.29 is 32.4 Å². The fraction of sp³-hybridized carbons (Fsp3) is 0.821. The number of carbonyl (C=O) groups excluding carboxylic acids is 5. The van der Waals surface area contributed by atoms with Gasteiger partial charge in [0.1, 0.15) is 12.1 Å². The van der Waals surface area contributed by atoms with Gasteiger partial charge in [-0.2, -0.15) is 0 Å². The van der Waals surface area contributed by atoms with Gasteiger partial charge < -0.3 is 26.2 Å². The SMILES string of the molecule is C=CCNC(=O)C(=O)C(CC1CCC1)NC(=O)[C@@H]1C2[C@H](CN1C(=O)[C@@H](NC(=O)NC1(CS(=O)(=O)C(C)(C)C)CCCCC1)C1(C)CCCC1)C2(C)C. The number of likely N-dealkylation sites (tertiary alicyclic amines) is 1. The number of sulfone groups is 1. The van der Waals surface area contributed by atoms with Crippen molar-refractivity contribution in [3.05, 3.63) is 12.7 Å². The molecular formula is C39H63N5O7S. The molecule has 5 aliphatic rings. The summed E-state index contributed by atoms with van der Waals surface area (Å²) in [5, 5.41) is 11.6. The molecule has 5 amide bonds. The zero-order valence-electron chi connectivity index (χ0n) is 32.3. The first kappa shape index (κ1) is 40.2. The minimum Gasteiger partial charge on any atom is -0.346 e. The third-order valence-corrected chi connectivity index (χ3v) is 16.2. The van der Waals surface area contributed by atoms with E-state index < -0.39 is 67.3 Å². The van der Waals surface area contributed by atoms with E-state index in [1.807, 2.05) is 6.92 Å². The molecule has 2 unspecified atom stereocenters. The van der Waals surface area contributed by atoms with E-state index in [1.165, 1.54) is 6.08 Å². The quantitative estimate of drug-likeness (QED) is 0.153. The van der Waals surface area contributed by atoms with Crippen LogP contribution in [0, 0.1) is 28.6 Å². The van der Waals surface area contributed by atoms with E-state index in [0.29, 0.717) is 38.6 Å². The second-order valence-electron chi connectivity index (χ2n) is 18.5. The number of carbonyl (C=O) groups is 5. The van der Waals surface area contributed by atoms with Gasteiger partial charge in [0, 0.05) is 13.1 Å². The van der Waals surface area contributed by atoms with Gasteiger partial charge in [-0.1, -0.05) is 78.2 Å². The molecule has 13 heteroatoms. The molecule has 0 aromatic heterocycles. The average molecular weight is 746 g/mol. The Morgan fingerprint density at radius 3 is 2.08 bits per heavy atom. The van der Waals surface area contributed by atoms with Crippen LogP contribution in [0.5, 0.6) is 0 Å². The number of hydrogen-bond acceptors (Lipinski definition) is 7. The predicted molar refractivity (Wildman–Crippen MR) is 200 cm³/mol. The lowest BCUT2D eigenvalue weighted by Crippen LogP contribution is -2.64. The van der Waals surface area contributed by atoms with Gasteiger partial charge in [-0.25, -0.2) is 13.2 Å². The maximum atomic E-state index is 14.8. The Morgan fingerprint density at radius 1 is 0.904 bits per heavy atom. The standard InChI is InChI=1S/C39H63N5O7S/c1-8-21-40-33(47)30(45)27(22-25-15-14-16-25)41-32(46)29-28-26(37(28,5)6)23-44(29)34(48)31(38(7)17-12-13-18-38)42-35(49)43-39(19-10-9-11-20-39)24-52(50,51)36(2,3)4/h8,25-29,31H,1,9-24H2,2-7H3,(H,40,47)(H,41,46)(H2,42,43,49)/t26-,27?,28?,29-,31+/m0/s1. The predicted octanol–water partition coefficient (Wildman–Crippen LogP) is 4.18. The highest BCUT2D eigenvalue weighted by Crippen LogP contribution is 2.65. The average Bonchev–Trinajstić information content (AvgIpc) is 3.41. The Balaban J connectivity index is 1.39. The molecule has 292 valence electrons. The van der Waals surface area contributed by atoms with Crippen LogP contribution < -0.4 is 21.3 Å². The van der Waals surface area contributed by atoms with Crippen molar-refractivity contribution in [2.24, 2.45) is 28.6 Å². The first-order valence-electron chi connectivity index (χ1n) is 19.6. The van der Waals surface area contributed by atoms with Gasteiger partial charge in [-0.15, -0.1) is 6.58 Å². The van der Waals surface area contributed by atoms with Crippen molar-refractivity contribution >= 4 is 39.4 Å². The maximum absolute atomic E-state index is 14.8. The largest absolute Gasteiger partial charge is 0.346 e. The van der Waals surface area contributed by atoms with Crippen LogP contribution in [-0.2, 0) is 29.0 Å². The minimum atomic E-state index is -3.56. The number of Topliss-reactive ketones (excluding diaryl/α,β-unsaturated/α-hetero) is 1. The molecule has 0 aromatic carbocycles. The van der Waals surface area contributed by atoms with Crippen LogP contribution in [0.15, 0.2) is 12.7 Å². The summed E-state index contributed by atoms with van der Waals surface area (Å²) < 4.78 is 25.9. The Kier molecular flexibility index (Phi) is 11.6. The molecule has 4 N–H and O–H groups in total. The summed E-state index contributed by atoms with van der Waals surface area (Å²) in [6.07, 6.45) is 11.6. The first-order chi connectivity index (χ1) is 24.3. The minimum absolute atomic E-state index is 0.0721. The van der Waals surface area contributed by atoms with E-state index in [2.05, 4.69) is 41.7 Å². The second kappa shape index (κ2) is 15.1. The van der Waals surface area contributed by atoms with Crippen molar-refractivity contribution in [3.8, 4) is 0 Å². The Morgan fingerprint density at radius 2 is 1.52 bits per heavy atom. The van der Waals surface area contributed by atoms with Crippen LogP contribution in [0.3, 0.4) is 0 Å². The number of ketones is 1. The highest BCUT2D eigenvalue weighted by atomic mass is 32.2. The molecule has 0 bridgehead atoms. The normalized spacial score (nSPS) is 27.3. The van der Waals surface area contributed by atoms with Gasteiger partial charge in [0.2, 0.25) is 17.6 Å². The van der Waals surface area contributed by atoms with Crippen LogP contribution in [-0.4, -0.2) is 90.1 Å². The molecule has 52 heavy (non-hydrogen) atoms. The molecule has 12 nitrogen and oxygen atoms in total. The summed E-state index contributed by atoms with van der Waals surface area (Å²) in [7, 11) is -3.56. The van der Waals surface area contributed by atoms with Crippen LogP contribution in [0.2, 0.25) is 0 Å². The van der Waals surface area contributed by atoms with E-state index in [9.17, 15) is 32.4 Å². The van der Waals surface area contributed by atoms with E-state index in [0.717, 1.165) is 51.4 Å². The molecule has 4 saturated carbocycles. The molecule has 5 rings (SSSR count). The van der Waals surface area contributed by atoms with E-state index >= 15 is 0 Å². The number of rotatable bonds is 14. The Labute approximate surface area is 310 Å². The molecular weight excluding hydrogens is 683 g/mol. The molecule has 0 spiro atoms. The fourth-order valence-electron chi connectivity index (χ4n) is 9.47. The lowest BCUT2D eigenvalue weighted by atomic mass is 9.79. The molecule has 5 atom stereocenters. The number of urea groups is 1. The maximum Gasteiger partial charge on any atom is 0.315 e. The van der Waals surface area contributed by atoms with Crippen LogP contribution in [0.25, 0.3) is 0 Å². The zero-order valence-corrected chi connectivity index (χ0v) is 33.1. The van der Waals surface area contributed by atoms with Crippen molar-refractivity contribution in [3.63, 3.8) is 0 Å². The smallest absolute Gasteiger partial charge is 0.315 e. The van der Waals surface area contributed by atoms with Crippen molar-refractivity contribution in [1.82, 2.24) is 26.2 Å². The zero-order chi connectivity index (χ0) is 38.3. The lowest BCUT2D eigenvalue weighted by molar-refractivity contribution is -0.145. The Bertz CT molecular complexity index is 1520. The summed E-state index contributed by atoms with van der Waals surface area (Å²) in [6, 6.07) is -3.38. The van der Waals surface area contributed by atoms with Gasteiger partial charge in [-0.05, 0) is 81.5 Å². The highest BCUT2D eigenvalue weighted by Gasteiger charge is 2.70. The van der Waals surface area contributed by atoms with E-state index in [-0.39, 0.29) is 41.4 Å². The monoisotopic (exact) mass is 745 g/mol. The summed E-state index contributed by atoms with van der Waals surface area (Å²) in [6.45, 7) is 15.3. The van der Waals surface area contributed by atoms with Crippen molar-refractivity contribution in [2.75, 3.05) is 18.8 Å². The van der Waals surface area contributed by atoms with Crippen molar-refractivity contribution in [2.45, 2.75) is 153 Å². The van der Waals surface area contributed by atoms with Gasteiger partial charge in [0.25, 0.3) is 5.91 Å². The molecule has 1 saturated heterocycles. The van der Waals surface area contributed by atoms with Gasteiger partial charge in [0.15, 0.2) is 9.84 Å². The fourth-order valence-corrected chi connectivity index (χ4v) is 11.0. The van der Waals surface area contributed by atoms with Crippen molar-refractivity contribution in [1.29, 1.82) is 0 Å². The van der Waals surface area contributed by atoms with Gasteiger partial charge in [-0.3, -0.25) is 19.2 Å². The van der Waals surface area contributed by atoms with Gasteiger partial charge in [0.05, 0.1) is 22.1 Å². The number of nitrogens with zero attached hydrogens (tertiary/aromatic N) is 1. The first-order valence-corrected chi connectivity index (χ1v) is 21.3. The van der Waals surface area contributed by atoms with E-state index in [4.69, 9.17) is 0 Å². The number of nitrogens with one attached hydrogen (secondary N) is 4.